The van der Waals surface area contributed by atoms with Gasteiger partial charge in [0.2, 0.25) is 0 Å². The normalized spacial score (nSPS) is 10.3. The number of hydrogen-bond acceptors (Lipinski definition) is 4. The molecule has 2 rings (SSSR count). The Balaban J connectivity index is 1.85. The Morgan fingerprint density at radius 2 is 1.74 bits per heavy atom. The Morgan fingerprint density at radius 3 is 2.39 bits per heavy atom. The summed E-state index contributed by atoms with van der Waals surface area (Å²) in [5.74, 6) is -0.937. The molecule has 0 atom stereocenters. The highest BCUT2D eigenvalue weighted by molar-refractivity contribution is 6.39. The van der Waals surface area contributed by atoms with Gasteiger partial charge in [-0.25, -0.2) is 5.43 Å². The van der Waals surface area contributed by atoms with Crippen LogP contribution in [0, 0.1) is 0 Å². The van der Waals surface area contributed by atoms with E-state index in [2.05, 4.69) is 15.8 Å². The topological polar surface area (TPSA) is 79.8 Å². The standard InChI is InChI=1S/C17H17N3O3/c1-2-23-15-10-8-14(9-11-15)19-16(21)17(22)20-18-12-13-6-4-3-5-7-13/h3-12H,2H2,1H3,(H,19,21)(H,20,22). The van der Waals surface area contributed by atoms with Crippen molar-refractivity contribution in [1.82, 2.24) is 5.43 Å². The fourth-order valence-electron chi connectivity index (χ4n) is 1.74. The first-order valence-corrected chi connectivity index (χ1v) is 7.11. The van der Waals surface area contributed by atoms with Crippen molar-refractivity contribution in [3.8, 4) is 5.75 Å². The van der Waals surface area contributed by atoms with Crippen molar-refractivity contribution in [2.24, 2.45) is 5.10 Å². The number of nitrogens with zero attached hydrogens (tertiary/aromatic N) is 1. The fourth-order valence-corrected chi connectivity index (χ4v) is 1.74. The highest BCUT2D eigenvalue weighted by Crippen LogP contribution is 2.15. The summed E-state index contributed by atoms with van der Waals surface area (Å²) in [4.78, 5) is 23.4. The molecule has 0 aliphatic rings. The number of hydrazone groups is 1. The maximum Gasteiger partial charge on any atom is 0.329 e. The first-order chi connectivity index (χ1) is 11.2. The first-order valence-electron chi connectivity index (χ1n) is 7.11. The largest absolute Gasteiger partial charge is 0.494 e. The predicted octanol–water partition coefficient (Wildman–Crippen LogP) is 2.17. The molecule has 23 heavy (non-hydrogen) atoms. The molecule has 0 bridgehead atoms. The van der Waals surface area contributed by atoms with Gasteiger partial charge in [-0.3, -0.25) is 9.59 Å². The summed E-state index contributed by atoms with van der Waals surface area (Å²) in [7, 11) is 0. The zero-order chi connectivity index (χ0) is 16.5. The molecule has 0 heterocycles. The van der Waals surface area contributed by atoms with Crippen LogP contribution in [0.4, 0.5) is 5.69 Å². The van der Waals surface area contributed by atoms with Crippen molar-refractivity contribution in [1.29, 1.82) is 0 Å². The Labute approximate surface area is 134 Å². The summed E-state index contributed by atoms with van der Waals surface area (Å²) in [6.45, 7) is 2.45. The van der Waals surface area contributed by atoms with Gasteiger partial charge < -0.3 is 10.1 Å². The Kier molecular flexibility index (Phi) is 5.88. The second kappa shape index (κ2) is 8.33. The Bertz CT molecular complexity index is 682. The molecule has 0 spiro atoms. The van der Waals surface area contributed by atoms with E-state index in [0.717, 1.165) is 5.56 Å². The van der Waals surface area contributed by atoms with Gasteiger partial charge in [-0.1, -0.05) is 30.3 Å². The number of carbonyl (C=O) groups is 2. The van der Waals surface area contributed by atoms with Crippen LogP contribution in [0.2, 0.25) is 0 Å². The van der Waals surface area contributed by atoms with Gasteiger partial charge in [-0.2, -0.15) is 5.10 Å². The lowest BCUT2D eigenvalue weighted by Gasteiger charge is -2.06. The van der Waals surface area contributed by atoms with Crippen molar-refractivity contribution in [3.63, 3.8) is 0 Å². The fraction of sp³-hybridized carbons (Fsp3) is 0.118. The lowest BCUT2D eigenvalue weighted by Crippen LogP contribution is -2.32. The summed E-state index contributed by atoms with van der Waals surface area (Å²) in [6, 6.07) is 16.0. The molecule has 0 aliphatic carbocycles. The van der Waals surface area contributed by atoms with Crippen LogP contribution >= 0.6 is 0 Å². The van der Waals surface area contributed by atoms with Crippen LogP contribution in [-0.2, 0) is 9.59 Å². The number of nitrogens with one attached hydrogen (secondary N) is 2. The van der Waals surface area contributed by atoms with Crippen LogP contribution in [0.1, 0.15) is 12.5 Å². The minimum atomic E-state index is -0.842. The van der Waals surface area contributed by atoms with Gasteiger partial charge in [0.15, 0.2) is 0 Å². The van der Waals surface area contributed by atoms with E-state index in [4.69, 9.17) is 4.74 Å². The van der Waals surface area contributed by atoms with E-state index in [1.807, 2.05) is 37.3 Å². The van der Waals surface area contributed by atoms with Crippen molar-refractivity contribution in [2.45, 2.75) is 6.92 Å². The molecule has 0 fully saturated rings. The number of hydrogen-bond donors (Lipinski definition) is 2. The summed E-state index contributed by atoms with van der Waals surface area (Å²) >= 11 is 0. The van der Waals surface area contributed by atoms with Gasteiger partial charge >= 0.3 is 11.8 Å². The smallest absolute Gasteiger partial charge is 0.329 e. The van der Waals surface area contributed by atoms with E-state index in [-0.39, 0.29) is 0 Å². The van der Waals surface area contributed by atoms with Crippen molar-refractivity contribution in [3.05, 3.63) is 60.2 Å². The summed E-state index contributed by atoms with van der Waals surface area (Å²) in [5, 5.41) is 6.22. The van der Waals surface area contributed by atoms with Crippen molar-refractivity contribution < 1.29 is 14.3 Å². The Morgan fingerprint density at radius 1 is 1.04 bits per heavy atom. The van der Waals surface area contributed by atoms with Crippen molar-refractivity contribution >= 4 is 23.7 Å². The maximum atomic E-state index is 11.7. The minimum absolute atomic E-state index is 0.501. The number of anilines is 1. The van der Waals surface area contributed by atoms with Crippen LogP contribution < -0.4 is 15.5 Å². The lowest BCUT2D eigenvalue weighted by molar-refractivity contribution is -0.136. The third kappa shape index (κ3) is 5.28. The molecule has 0 aliphatic heterocycles. The van der Waals surface area contributed by atoms with E-state index in [1.165, 1.54) is 6.21 Å². The number of ether oxygens (including phenoxy) is 1. The number of carbonyl (C=O) groups excluding carboxylic acids is 2. The average molecular weight is 311 g/mol. The molecule has 2 aromatic carbocycles. The molecular weight excluding hydrogens is 294 g/mol. The molecule has 0 radical (unpaired) electrons. The maximum absolute atomic E-state index is 11.7. The highest BCUT2D eigenvalue weighted by Gasteiger charge is 2.12. The van der Waals surface area contributed by atoms with Gasteiger partial charge in [0.25, 0.3) is 0 Å². The summed E-state index contributed by atoms with van der Waals surface area (Å²) in [5.41, 5.74) is 3.50. The molecule has 0 saturated carbocycles. The molecule has 118 valence electrons. The zero-order valence-electron chi connectivity index (χ0n) is 12.7. The monoisotopic (exact) mass is 311 g/mol. The molecular formula is C17H17N3O3. The van der Waals surface area contributed by atoms with Gasteiger partial charge in [-0.15, -0.1) is 0 Å². The molecule has 2 aromatic rings. The van der Waals surface area contributed by atoms with Gasteiger partial charge in [0, 0.05) is 5.69 Å². The molecule has 0 saturated heterocycles. The van der Waals surface area contributed by atoms with Crippen LogP contribution in [0.15, 0.2) is 59.7 Å². The molecule has 2 amide bonds. The van der Waals surface area contributed by atoms with E-state index >= 15 is 0 Å². The average Bonchev–Trinajstić information content (AvgIpc) is 2.57. The van der Waals surface area contributed by atoms with E-state index < -0.39 is 11.8 Å². The quantitative estimate of drug-likeness (QED) is 0.504. The second-order valence-electron chi connectivity index (χ2n) is 4.52. The Hall–Kier alpha value is -3.15. The third-order valence-electron chi connectivity index (χ3n) is 2.81. The van der Waals surface area contributed by atoms with Crippen LogP contribution in [0.25, 0.3) is 0 Å². The lowest BCUT2D eigenvalue weighted by atomic mass is 10.2. The van der Waals surface area contributed by atoms with Gasteiger partial charge in [0.05, 0.1) is 12.8 Å². The molecule has 0 aromatic heterocycles. The van der Waals surface area contributed by atoms with Gasteiger partial charge in [-0.05, 0) is 36.8 Å². The summed E-state index contributed by atoms with van der Waals surface area (Å²) in [6.07, 6.45) is 1.46. The predicted molar refractivity (Wildman–Crippen MR) is 88.4 cm³/mol. The van der Waals surface area contributed by atoms with Crippen molar-refractivity contribution in [2.75, 3.05) is 11.9 Å². The molecule has 2 N–H and O–H groups in total. The zero-order valence-corrected chi connectivity index (χ0v) is 12.7. The van der Waals surface area contributed by atoms with E-state index in [1.54, 1.807) is 24.3 Å². The SMILES string of the molecule is CCOc1ccc(NC(=O)C(=O)NN=Cc2ccccc2)cc1. The number of rotatable bonds is 5. The minimum Gasteiger partial charge on any atom is -0.494 e. The van der Waals surface area contributed by atoms with Crippen LogP contribution in [0.3, 0.4) is 0 Å². The van der Waals surface area contributed by atoms with E-state index in [9.17, 15) is 9.59 Å². The molecule has 6 heteroatoms. The van der Waals surface area contributed by atoms with Crippen LogP contribution in [-0.4, -0.2) is 24.6 Å². The first kappa shape index (κ1) is 16.2. The molecule has 0 unspecified atom stereocenters. The van der Waals surface area contributed by atoms with E-state index in [0.29, 0.717) is 18.0 Å². The highest BCUT2D eigenvalue weighted by atomic mass is 16.5. The molecule has 6 nitrogen and oxygen atoms in total. The third-order valence-corrected chi connectivity index (χ3v) is 2.81. The number of benzene rings is 2. The second-order valence-corrected chi connectivity index (χ2v) is 4.52. The van der Waals surface area contributed by atoms with Crippen LogP contribution in [0.5, 0.6) is 5.75 Å². The van der Waals surface area contributed by atoms with Gasteiger partial charge in [0.1, 0.15) is 5.75 Å². The summed E-state index contributed by atoms with van der Waals surface area (Å²) < 4.78 is 5.30. The number of amides is 2.